The molecule has 3 aromatic carbocycles. The molecule has 4 rings (SSSR count). The molecule has 1 aromatic heterocycles. The number of phenols is 1. The van der Waals surface area contributed by atoms with Crippen LogP contribution in [0.5, 0.6) is 5.75 Å². The molecule has 0 saturated heterocycles. The second-order valence-electron chi connectivity index (χ2n) is 7.39. The number of amides is 1. The van der Waals surface area contributed by atoms with Crippen LogP contribution in [0.25, 0.3) is 22.5 Å². The number of nitrogens with two attached hydrogens (primary N) is 1. The van der Waals surface area contributed by atoms with E-state index in [-0.39, 0.29) is 17.3 Å². The Hall–Kier alpha value is -4.54. The number of halogens is 5. The monoisotopic (exact) mass is 486 g/mol. The van der Waals surface area contributed by atoms with Gasteiger partial charge >= 0.3 is 0 Å². The van der Waals surface area contributed by atoms with Gasteiger partial charge in [-0.25, -0.2) is 31.9 Å². The lowest BCUT2D eigenvalue weighted by atomic mass is 10.1. The Bertz CT molecular complexity index is 1400. The molecule has 0 atom stereocenters. The molecule has 178 valence electrons. The van der Waals surface area contributed by atoms with Gasteiger partial charge in [0.05, 0.1) is 18.3 Å². The molecule has 0 aliphatic rings. The van der Waals surface area contributed by atoms with Crippen molar-refractivity contribution in [2.24, 2.45) is 0 Å². The number of anilines is 2. The number of hydrogen-bond acceptors (Lipinski definition) is 5. The van der Waals surface area contributed by atoms with Crippen LogP contribution in [-0.2, 0) is 11.2 Å². The minimum atomic E-state index is -2.32. The first-order chi connectivity index (χ1) is 16.7. The van der Waals surface area contributed by atoms with Gasteiger partial charge in [0.1, 0.15) is 11.4 Å². The van der Waals surface area contributed by atoms with E-state index < -0.39 is 47.0 Å². The number of nitrogen functional groups attached to an aromatic ring is 1. The van der Waals surface area contributed by atoms with E-state index in [9.17, 15) is 31.9 Å². The van der Waals surface area contributed by atoms with E-state index in [1.807, 2.05) is 0 Å². The highest BCUT2D eigenvalue weighted by Crippen LogP contribution is 2.30. The van der Waals surface area contributed by atoms with Crippen molar-refractivity contribution in [3.8, 4) is 28.3 Å². The van der Waals surface area contributed by atoms with E-state index in [2.05, 4.69) is 15.3 Å². The van der Waals surface area contributed by atoms with Crippen LogP contribution in [0.4, 0.5) is 33.5 Å². The minimum absolute atomic E-state index is 0.0340. The van der Waals surface area contributed by atoms with Gasteiger partial charge in [-0.05, 0) is 36.4 Å². The Balaban J connectivity index is 1.71. The summed E-state index contributed by atoms with van der Waals surface area (Å²) in [5.41, 5.74) is 6.53. The predicted molar refractivity (Wildman–Crippen MR) is 118 cm³/mol. The summed E-state index contributed by atoms with van der Waals surface area (Å²) in [5.74, 6) is -12.1. The predicted octanol–water partition coefficient (Wildman–Crippen LogP) is 4.98. The number of rotatable bonds is 5. The number of carbonyl (C=O) groups excluding carboxylic acids is 1. The topological polar surface area (TPSA) is 101 Å². The third kappa shape index (κ3) is 4.74. The zero-order valence-electron chi connectivity index (χ0n) is 17.6. The van der Waals surface area contributed by atoms with Crippen LogP contribution in [0.3, 0.4) is 0 Å². The molecule has 4 N–H and O–H groups in total. The molecule has 0 radical (unpaired) electrons. The maximum absolute atomic E-state index is 14.0. The summed E-state index contributed by atoms with van der Waals surface area (Å²) < 4.78 is 68.2. The molecule has 0 bridgehead atoms. The zero-order chi connectivity index (χ0) is 25.3. The average Bonchev–Trinajstić information content (AvgIpc) is 2.85. The van der Waals surface area contributed by atoms with Crippen LogP contribution >= 0.6 is 0 Å². The van der Waals surface area contributed by atoms with Crippen LogP contribution in [0.1, 0.15) is 5.56 Å². The number of carbonyl (C=O) groups is 1. The maximum Gasteiger partial charge on any atom is 0.230 e. The number of hydrogen-bond donors (Lipinski definition) is 3. The molecule has 1 heterocycles. The van der Waals surface area contributed by atoms with E-state index in [4.69, 9.17) is 5.73 Å². The fraction of sp³-hybridized carbons (Fsp3) is 0.0417. The smallest absolute Gasteiger partial charge is 0.230 e. The summed E-state index contributed by atoms with van der Waals surface area (Å²) in [5, 5.41) is 11.9. The summed E-state index contributed by atoms with van der Waals surface area (Å²) in [6.07, 6.45) is 0.172. The SMILES string of the molecule is Nc1ccc(-c2cnc(NC(=O)Cc3c(F)c(F)c(F)c(F)c3F)c(-c3ccc(O)cc3)n2)cc1. The van der Waals surface area contributed by atoms with Gasteiger partial charge in [0.25, 0.3) is 0 Å². The van der Waals surface area contributed by atoms with E-state index >= 15 is 0 Å². The summed E-state index contributed by atoms with van der Waals surface area (Å²) in [7, 11) is 0. The van der Waals surface area contributed by atoms with Crippen molar-refractivity contribution >= 4 is 17.4 Å². The molecule has 4 aromatic rings. The molecule has 6 nitrogen and oxygen atoms in total. The van der Waals surface area contributed by atoms with Gasteiger partial charge < -0.3 is 16.2 Å². The highest BCUT2D eigenvalue weighted by Gasteiger charge is 2.27. The first-order valence-corrected chi connectivity index (χ1v) is 9.98. The first-order valence-electron chi connectivity index (χ1n) is 9.98. The first kappa shape index (κ1) is 23.6. The number of aromatic nitrogens is 2. The molecule has 0 aliphatic heterocycles. The van der Waals surface area contributed by atoms with Gasteiger partial charge in [0.2, 0.25) is 11.7 Å². The van der Waals surface area contributed by atoms with Gasteiger partial charge in [0, 0.05) is 22.4 Å². The number of nitrogens with zero attached hydrogens (tertiary/aromatic N) is 2. The second-order valence-corrected chi connectivity index (χ2v) is 7.39. The van der Waals surface area contributed by atoms with Crippen molar-refractivity contribution in [1.82, 2.24) is 9.97 Å². The Morgan fingerprint density at radius 2 is 1.37 bits per heavy atom. The van der Waals surface area contributed by atoms with Gasteiger partial charge in [-0.1, -0.05) is 12.1 Å². The van der Waals surface area contributed by atoms with E-state index in [1.165, 1.54) is 30.5 Å². The van der Waals surface area contributed by atoms with Crippen LogP contribution in [0.15, 0.2) is 54.7 Å². The van der Waals surface area contributed by atoms with Gasteiger partial charge in [-0.15, -0.1) is 0 Å². The van der Waals surface area contributed by atoms with Crippen molar-refractivity contribution in [1.29, 1.82) is 0 Å². The third-order valence-electron chi connectivity index (χ3n) is 5.02. The molecule has 0 spiro atoms. The van der Waals surface area contributed by atoms with Crippen LogP contribution in [-0.4, -0.2) is 21.0 Å². The lowest BCUT2D eigenvalue weighted by Crippen LogP contribution is -2.19. The van der Waals surface area contributed by atoms with Crippen molar-refractivity contribution in [2.75, 3.05) is 11.1 Å². The largest absolute Gasteiger partial charge is 0.508 e. The molecule has 0 saturated carbocycles. The average molecular weight is 486 g/mol. The Morgan fingerprint density at radius 3 is 1.97 bits per heavy atom. The van der Waals surface area contributed by atoms with Crippen LogP contribution in [0, 0.1) is 29.1 Å². The molecule has 1 amide bonds. The van der Waals surface area contributed by atoms with Gasteiger partial charge in [-0.3, -0.25) is 4.79 Å². The third-order valence-corrected chi connectivity index (χ3v) is 5.02. The molecule has 0 fully saturated rings. The number of aromatic hydroxyl groups is 1. The summed E-state index contributed by atoms with van der Waals surface area (Å²) in [6, 6.07) is 12.4. The summed E-state index contributed by atoms with van der Waals surface area (Å²) >= 11 is 0. The zero-order valence-corrected chi connectivity index (χ0v) is 17.6. The Labute approximate surface area is 194 Å². The van der Waals surface area contributed by atoms with Crippen molar-refractivity contribution < 1.29 is 31.9 Å². The Kier molecular flexibility index (Phi) is 6.32. The van der Waals surface area contributed by atoms with Crippen LogP contribution in [0.2, 0.25) is 0 Å². The normalized spacial score (nSPS) is 10.9. The summed E-state index contributed by atoms with van der Waals surface area (Å²) in [6.45, 7) is 0. The molecule has 0 aliphatic carbocycles. The molecular weight excluding hydrogens is 471 g/mol. The maximum atomic E-state index is 14.0. The van der Waals surface area contributed by atoms with E-state index in [0.29, 0.717) is 22.5 Å². The molecule has 35 heavy (non-hydrogen) atoms. The lowest BCUT2D eigenvalue weighted by Gasteiger charge is -2.13. The highest BCUT2D eigenvalue weighted by atomic mass is 19.2. The van der Waals surface area contributed by atoms with Crippen molar-refractivity contribution in [2.45, 2.75) is 6.42 Å². The number of nitrogens with one attached hydrogen (secondary N) is 1. The lowest BCUT2D eigenvalue weighted by molar-refractivity contribution is -0.115. The Morgan fingerprint density at radius 1 is 0.829 bits per heavy atom. The fourth-order valence-electron chi connectivity index (χ4n) is 3.24. The fourth-order valence-corrected chi connectivity index (χ4v) is 3.24. The molecular formula is C24H15F5N4O2. The van der Waals surface area contributed by atoms with Crippen molar-refractivity contribution in [3.63, 3.8) is 0 Å². The highest BCUT2D eigenvalue weighted by molar-refractivity contribution is 5.95. The van der Waals surface area contributed by atoms with Crippen molar-refractivity contribution in [3.05, 3.63) is 89.4 Å². The quantitative estimate of drug-likeness (QED) is 0.160. The number of phenolic OH excluding ortho intramolecular Hbond substituents is 1. The van der Waals surface area contributed by atoms with E-state index in [0.717, 1.165) is 0 Å². The molecule has 11 heteroatoms. The summed E-state index contributed by atoms with van der Waals surface area (Å²) in [4.78, 5) is 21.2. The second kappa shape index (κ2) is 9.37. The van der Waals surface area contributed by atoms with E-state index in [1.54, 1.807) is 24.3 Å². The van der Waals surface area contributed by atoms with Crippen LogP contribution < -0.4 is 11.1 Å². The molecule has 0 unspecified atom stereocenters. The minimum Gasteiger partial charge on any atom is -0.508 e. The number of benzene rings is 3. The van der Waals surface area contributed by atoms with Gasteiger partial charge in [-0.2, -0.15) is 0 Å². The standard InChI is InChI=1S/C24H15F5N4O2/c25-18-15(19(26)21(28)22(29)20(18)27)9-17(35)33-24-23(12-3-7-14(34)8-4-12)32-16(10-31-24)11-1-5-13(30)6-2-11/h1-8,10,34H,9,30H2,(H,31,33,35). The van der Waals surface area contributed by atoms with Gasteiger partial charge in [0.15, 0.2) is 29.1 Å².